The Morgan fingerprint density at radius 3 is 2.90 bits per heavy atom. The van der Waals surface area contributed by atoms with Gasteiger partial charge in [0.05, 0.1) is 17.3 Å². The first-order chi connectivity index (χ1) is 14.8. The van der Waals surface area contributed by atoms with Crippen LogP contribution in [0, 0.1) is 0 Å². The third-order valence-electron chi connectivity index (χ3n) is 4.43. The van der Waals surface area contributed by atoms with Gasteiger partial charge in [0.1, 0.15) is 12.0 Å². The monoisotopic (exact) mass is 401 g/mol. The molecule has 5 rings (SSSR count). The minimum Gasteiger partial charge on any atom is -0.504 e. The van der Waals surface area contributed by atoms with Crippen LogP contribution in [0.15, 0.2) is 72.1 Å². The van der Waals surface area contributed by atoms with E-state index in [4.69, 9.17) is 13.9 Å². The Kier molecular flexibility index (Phi) is 4.45. The van der Waals surface area contributed by atoms with Crippen LogP contribution in [-0.4, -0.2) is 36.8 Å². The molecule has 0 saturated heterocycles. The van der Waals surface area contributed by atoms with Crippen molar-refractivity contribution >= 4 is 33.0 Å². The van der Waals surface area contributed by atoms with Crippen LogP contribution >= 0.6 is 0 Å². The van der Waals surface area contributed by atoms with Gasteiger partial charge in [0.25, 0.3) is 0 Å². The van der Waals surface area contributed by atoms with E-state index >= 15 is 0 Å². The van der Waals surface area contributed by atoms with E-state index in [1.807, 2.05) is 12.1 Å². The number of phenolic OH excluding ortho intramolecular Hbond substituents is 1. The Morgan fingerprint density at radius 1 is 1.00 bits per heavy atom. The van der Waals surface area contributed by atoms with E-state index in [1.165, 1.54) is 24.9 Å². The van der Waals surface area contributed by atoms with E-state index in [2.05, 4.69) is 24.9 Å². The Hall–Kier alpha value is -4.40. The smallest absolute Gasteiger partial charge is 0.231 e. The van der Waals surface area contributed by atoms with E-state index in [0.29, 0.717) is 33.6 Å². The molecule has 9 heteroatoms. The lowest BCUT2D eigenvalue weighted by molar-refractivity contribution is 0.174. The van der Waals surface area contributed by atoms with Crippen LogP contribution in [0.2, 0.25) is 0 Å². The molecule has 0 spiro atoms. The van der Waals surface area contributed by atoms with Gasteiger partial charge in [-0.15, -0.1) is 0 Å². The van der Waals surface area contributed by atoms with Gasteiger partial charge in [0, 0.05) is 41.6 Å². The SMILES string of the molecule is Oc1cc2ncnc3[nH]c4c5c(ccc4cnccncccoc1cc23)OCO5. The van der Waals surface area contributed by atoms with Gasteiger partial charge in [-0.25, -0.2) is 9.97 Å². The molecule has 1 aliphatic heterocycles. The predicted molar refractivity (Wildman–Crippen MR) is 109 cm³/mol. The minimum absolute atomic E-state index is 0.0418. The maximum Gasteiger partial charge on any atom is 0.231 e. The number of aromatic hydroxyl groups is 1. The number of phenols is 1. The molecule has 2 aromatic carbocycles. The molecule has 2 bridgehead atoms. The molecule has 2 N–H and O–H groups in total. The van der Waals surface area contributed by atoms with Crippen molar-refractivity contribution < 1.29 is 19.0 Å². The summed E-state index contributed by atoms with van der Waals surface area (Å²) in [6.45, 7) is 0.127. The zero-order valence-electron chi connectivity index (χ0n) is 15.5. The summed E-state index contributed by atoms with van der Waals surface area (Å²) in [6, 6.07) is 8.46. The number of nitrogens with zero attached hydrogens (tertiary/aromatic N) is 4. The van der Waals surface area contributed by atoms with Gasteiger partial charge >= 0.3 is 0 Å². The molecule has 30 heavy (non-hydrogen) atoms. The highest BCUT2D eigenvalue weighted by molar-refractivity contribution is 5.97. The molecule has 0 saturated carbocycles. The van der Waals surface area contributed by atoms with Crippen LogP contribution in [-0.2, 0) is 0 Å². The first-order valence-electron chi connectivity index (χ1n) is 9.00. The topological polar surface area (TPSA) is 119 Å². The Morgan fingerprint density at radius 2 is 1.93 bits per heavy atom. The average molecular weight is 401 g/mol. The Balaban J connectivity index is 1.96. The summed E-state index contributed by atoms with van der Waals surface area (Å²) in [7, 11) is 0. The lowest BCUT2D eigenvalue weighted by Crippen LogP contribution is -1.93. The van der Waals surface area contributed by atoms with Gasteiger partial charge in [-0.1, -0.05) is 0 Å². The summed E-state index contributed by atoms with van der Waals surface area (Å²) < 4.78 is 16.7. The molecule has 0 aliphatic carbocycles. The molecule has 0 atom stereocenters. The quantitative estimate of drug-likeness (QED) is 0.455. The number of hydrogen-bond donors (Lipinski definition) is 2. The first-order valence-corrected chi connectivity index (χ1v) is 9.00. The van der Waals surface area contributed by atoms with Crippen LogP contribution in [0.1, 0.15) is 0 Å². The lowest BCUT2D eigenvalue weighted by Gasteiger charge is -2.03. The summed E-state index contributed by atoms with van der Waals surface area (Å²) in [5.74, 6) is 1.14. The van der Waals surface area contributed by atoms with E-state index in [1.54, 1.807) is 30.7 Å². The van der Waals surface area contributed by atoms with Crippen LogP contribution in [0.25, 0.3) is 33.0 Å². The second-order valence-electron chi connectivity index (χ2n) is 6.27. The molecular weight excluding hydrogens is 386 g/mol. The van der Waals surface area contributed by atoms with Crippen molar-refractivity contribution in [3.8, 4) is 17.2 Å². The number of fused-ring (bicyclic) bond motifs is 4. The normalized spacial score (nSPS) is 11.9. The van der Waals surface area contributed by atoms with E-state index < -0.39 is 0 Å². The summed E-state index contributed by atoms with van der Waals surface area (Å²) in [4.78, 5) is 20.3. The van der Waals surface area contributed by atoms with Crippen molar-refractivity contribution in [3.63, 3.8) is 0 Å². The van der Waals surface area contributed by atoms with Gasteiger partial charge in [-0.3, -0.25) is 9.97 Å². The fraction of sp³-hybridized carbons (Fsp3) is 0.0476. The van der Waals surface area contributed by atoms with Gasteiger partial charge < -0.3 is 24.0 Å². The number of benzene rings is 2. The summed E-state index contributed by atoms with van der Waals surface area (Å²) in [6.07, 6.45) is 9.15. The molecule has 9 nitrogen and oxygen atoms in total. The zero-order chi connectivity index (χ0) is 20.3. The number of aromatic nitrogens is 5. The Labute approximate surface area is 169 Å². The molecule has 0 fully saturated rings. The number of ether oxygens (including phenoxy) is 2. The lowest BCUT2D eigenvalue weighted by atomic mass is 10.2. The number of H-pyrrole nitrogens is 1. The number of nitrogens with one attached hydrogen (secondary N) is 1. The fourth-order valence-corrected chi connectivity index (χ4v) is 3.06. The Bertz CT molecular complexity index is 1410. The highest BCUT2D eigenvalue weighted by Crippen LogP contribution is 2.37. The molecule has 0 radical (unpaired) electrons. The van der Waals surface area contributed by atoms with Gasteiger partial charge in [0.2, 0.25) is 6.79 Å². The summed E-state index contributed by atoms with van der Waals surface area (Å²) >= 11 is 0. The molecule has 3 heterocycles. The number of hydrogen-bond acceptors (Lipinski definition) is 8. The fourth-order valence-electron chi connectivity index (χ4n) is 3.06. The zero-order valence-corrected chi connectivity index (χ0v) is 15.5. The first kappa shape index (κ1) is 17.7. The molecular formula is C21H15N5O4. The molecule has 148 valence electrons. The van der Waals surface area contributed by atoms with E-state index in [9.17, 15) is 5.11 Å². The van der Waals surface area contributed by atoms with Crippen LogP contribution in [0.5, 0.6) is 17.2 Å². The number of rotatable bonds is 0. The second-order valence-corrected chi connectivity index (χ2v) is 6.27. The van der Waals surface area contributed by atoms with Gasteiger partial charge in [-0.2, -0.15) is 0 Å². The molecule has 0 unspecified atom stereocenters. The van der Waals surface area contributed by atoms with Crippen molar-refractivity contribution in [1.82, 2.24) is 24.9 Å². The summed E-state index contributed by atoms with van der Waals surface area (Å²) in [5, 5.41) is 11.7. The largest absolute Gasteiger partial charge is 0.504 e. The van der Waals surface area contributed by atoms with Crippen molar-refractivity contribution in [2.75, 3.05) is 6.79 Å². The second kappa shape index (κ2) is 7.55. The molecule has 2 aromatic heterocycles. The number of aromatic amines is 1. The van der Waals surface area contributed by atoms with E-state index in [-0.39, 0.29) is 18.1 Å². The van der Waals surface area contributed by atoms with Crippen molar-refractivity contribution in [3.05, 3.63) is 67.7 Å². The van der Waals surface area contributed by atoms with Gasteiger partial charge in [0.15, 0.2) is 22.8 Å². The maximum atomic E-state index is 10.3. The van der Waals surface area contributed by atoms with Crippen molar-refractivity contribution in [2.45, 2.75) is 0 Å². The molecule has 0 amide bonds. The standard InChI is InChI=1S/C21H15N5O4/c27-16-9-15-14-8-18(16)28-7-1-4-22-5-6-23-10-13-2-3-17-20(30-12-29-17)19(13)26-21(14)25-11-24-15/h1-11,27H,12H2,(H,24,25,26). The highest BCUT2D eigenvalue weighted by atomic mass is 16.7. The molecule has 1 aliphatic rings. The van der Waals surface area contributed by atoms with Gasteiger partial charge in [-0.05, 0) is 24.3 Å². The third kappa shape index (κ3) is 3.28. The average Bonchev–Trinajstić information content (AvgIpc) is 3.22. The predicted octanol–water partition coefficient (Wildman–Crippen LogP) is 3.89. The summed E-state index contributed by atoms with van der Waals surface area (Å²) in [5.41, 5.74) is 1.96. The van der Waals surface area contributed by atoms with Crippen LogP contribution in [0.3, 0.4) is 0 Å². The van der Waals surface area contributed by atoms with Crippen LogP contribution in [0.4, 0.5) is 0 Å². The van der Waals surface area contributed by atoms with Crippen LogP contribution < -0.4 is 9.47 Å². The molecule has 4 aromatic rings. The van der Waals surface area contributed by atoms with Crippen molar-refractivity contribution in [1.29, 1.82) is 0 Å². The third-order valence-corrected chi connectivity index (χ3v) is 4.43. The van der Waals surface area contributed by atoms with Crippen molar-refractivity contribution in [2.24, 2.45) is 0 Å². The minimum atomic E-state index is -0.0418. The maximum absolute atomic E-state index is 10.3. The van der Waals surface area contributed by atoms with E-state index in [0.717, 1.165) is 5.39 Å². The highest BCUT2D eigenvalue weighted by Gasteiger charge is 2.16.